The summed E-state index contributed by atoms with van der Waals surface area (Å²) in [6, 6.07) is 0. The second-order valence-electron chi connectivity index (χ2n) is 1.55. The van der Waals surface area contributed by atoms with Crippen LogP contribution in [0.5, 0.6) is 0 Å². The maximum Gasteiger partial charge on any atom is 0.0111 e. The topological polar surface area (TPSA) is 12.0 Å². The minimum Gasteiger partial charge on any atom is -0.266 e. The maximum absolute atomic E-state index is 3.33. The van der Waals surface area contributed by atoms with Crippen molar-refractivity contribution in [1.82, 2.24) is 3.53 Å². The van der Waals surface area contributed by atoms with Gasteiger partial charge in [-0.3, -0.25) is 3.53 Å². The van der Waals surface area contributed by atoms with Gasteiger partial charge >= 0.3 is 0 Å². The molecule has 0 aromatic rings. The molecule has 1 nitrogen and oxygen atoms in total. The lowest BCUT2D eigenvalue weighted by atomic mass is 10.2. The van der Waals surface area contributed by atoms with Gasteiger partial charge in [0.1, 0.15) is 0 Å². The molecule has 0 radical (unpaired) electrons. The van der Waals surface area contributed by atoms with Gasteiger partial charge in [0.25, 0.3) is 0 Å². The van der Waals surface area contributed by atoms with Gasteiger partial charge in [-0.2, -0.15) is 0 Å². The molecule has 0 aromatic heterocycles. The molecule has 0 bridgehead atoms. The number of hydrogen-bond acceptors (Lipinski definition) is 1. The van der Waals surface area contributed by atoms with E-state index in [1.165, 1.54) is 6.54 Å². The SMILES string of the molecule is CC1C=INC1. The Bertz CT molecular complexity index is 69.9. The zero-order valence-electron chi connectivity index (χ0n) is 3.74. The molecule has 1 unspecified atom stereocenters. The molecule has 1 N–H and O–H groups in total. The van der Waals surface area contributed by atoms with Crippen LogP contribution in [0, 0.1) is 5.92 Å². The first-order chi connectivity index (χ1) is 2.89. The van der Waals surface area contributed by atoms with Crippen molar-refractivity contribution in [2.45, 2.75) is 6.92 Å². The van der Waals surface area contributed by atoms with Crippen molar-refractivity contribution in [3.63, 3.8) is 0 Å². The molecule has 0 amide bonds. The van der Waals surface area contributed by atoms with Crippen LogP contribution in [-0.4, -0.2) is 10.6 Å². The van der Waals surface area contributed by atoms with Gasteiger partial charge < -0.3 is 0 Å². The molecule has 1 atom stereocenters. The largest absolute Gasteiger partial charge is 0.266 e. The normalized spacial score (nSPS) is 33.2. The number of halogens is 1. The molecule has 36 valence electrons. The minimum absolute atomic E-state index is 0.327. The Morgan fingerprint density at radius 2 is 2.83 bits per heavy atom. The van der Waals surface area contributed by atoms with Crippen molar-refractivity contribution < 1.29 is 0 Å². The van der Waals surface area contributed by atoms with Crippen LogP contribution in [0.15, 0.2) is 0 Å². The molecule has 0 aliphatic carbocycles. The Morgan fingerprint density at radius 3 is 3.00 bits per heavy atom. The Kier molecular flexibility index (Phi) is 1.59. The van der Waals surface area contributed by atoms with E-state index in [1.807, 2.05) is 0 Å². The summed E-state index contributed by atoms with van der Waals surface area (Å²) in [4.78, 5) is 0. The van der Waals surface area contributed by atoms with E-state index >= 15 is 0 Å². The maximum atomic E-state index is 3.33. The van der Waals surface area contributed by atoms with Crippen LogP contribution in [0.25, 0.3) is 0 Å². The highest BCUT2D eigenvalue weighted by molar-refractivity contribution is 14.2. The number of rotatable bonds is 0. The van der Waals surface area contributed by atoms with Crippen LogP contribution in [0.4, 0.5) is 0 Å². The Hall–Kier alpha value is 0.560. The Labute approximate surface area is 48.2 Å². The Morgan fingerprint density at radius 1 is 2.00 bits per heavy atom. The van der Waals surface area contributed by atoms with Gasteiger partial charge in [0.2, 0.25) is 0 Å². The molecule has 1 aliphatic heterocycles. The first-order valence-corrected chi connectivity index (χ1v) is 4.40. The van der Waals surface area contributed by atoms with E-state index in [1.54, 1.807) is 0 Å². The van der Waals surface area contributed by atoms with Crippen molar-refractivity contribution in [2.24, 2.45) is 5.92 Å². The predicted octanol–water partition coefficient (Wildman–Crippen LogP) is 0.914. The summed E-state index contributed by atoms with van der Waals surface area (Å²) in [6.45, 7) is 3.48. The van der Waals surface area contributed by atoms with E-state index in [2.05, 4.69) is 14.5 Å². The molecule has 0 saturated heterocycles. The lowest BCUT2D eigenvalue weighted by molar-refractivity contribution is 0.791. The average Bonchev–Trinajstić information content (AvgIpc) is 1.86. The van der Waals surface area contributed by atoms with Gasteiger partial charge in [-0.25, -0.2) is 0 Å². The van der Waals surface area contributed by atoms with Crippen LogP contribution < -0.4 is 3.53 Å². The summed E-state index contributed by atoms with van der Waals surface area (Å²) in [5.41, 5.74) is 0. The van der Waals surface area contributed by atoms with Crippen molar-refractivity contribution in [3.8, 4) is 0 Å². The highest BCUT2D eigenvalue weighted by Gasteiger charge is 1.98. The van der Waals surface area contributed by atoms with Crippen molar-refractivity contribution >= 4 is 25.0 Å². The highest BCUT2D eigenvalue weighted by Crippen LogP contribution is 2.03. The molecule has 1 aliphatic rings. The summed E-state index contributed by atoms with van der Waals surface area (Å²) < 4.78 is 5.73. The van der Waals surface area contributed by atoms with E-state index in [4.69, 9.17) is 0 Å². The quantitative estimate of drug-likeness (QED) is 0.449. The Balaban J connectivity index is 2.38. The highest BCUT2D eigenvalue weighted by atomic mass is 127. The second kappa shape index (κ2) is 2.02. The third-order valence-electron chi connectivity index (χ3n) is 0.754. The van der Waals surface area contributed by atoms with Gasteiger partial charge in [-0.1, -0.05) is 6.92 Å². The smallest absolute Gasteiger partial charge is 0.0111 e. The van der Waals surface area contributed by atoms with E-state index in [-0.39, 0.29) is 0 Å². The van der Waals surface area contributed by atoms with Crippen LogP contribution >= 0.6 is 21.0 Å². The molecule has 1 rings (SSSR count). The third kappa shape index (κ3) is 1.01. The summed E-state index contributed by atoms with van der Waals surface area (Å²) in [6.07, 6.45) is 0. The van der Waals surface area contributed by atoms with Gasteiger partial charge in [-0.05, 0) is 30.9 Å². The van der Waals surface area contributed by atoms with Gasteiger partial charge in [0.05, 0.1) is 0 Å². The molecule has 2 heteroatoms. The second-order valence-corrected chi connectivity index (χ2v) is 3.65. The summed E-state index contributed by atoms with van der Waals surface area (Å²) in [5.74, 6) is 0.859. The fourth-order valence-corrected chi connectivity index (χ4v) is 2.43. The van der Waals surface area contributed by atoms with Crippen LogP contribution in [-0.2, 0) is 0 Å². The van der Waals surface area contributed by atoms with E-state index in [0.717, 1.165) is 5.92 Å². The van der Waals surface area contributed by atoms with Crippen molar-refractivity contribution in [3.05, 3.63) is 0 Å². The number of hydrogen-bond donors (Lipinski definition) is 1. The summed E-state index contributed by atoms with van der Waals surface area (Å²) in [7, 11) is 0. The monoisotopic (exact) mass is 197 g/mol. The van der Waals surface area contributed by atoms with Gasteiger partial charge in [0.15, 0.2) is 0 Å². The lowest BCUT2D eigenvalue weighted by Gasteiger charge is -1.89. The van der Waals surface area contributed by atoms with Crippen LogP contribution in [0.2, 0.25) is 0 Å². The number of nitrogens with one attached hydrogen (secondary N) is 1. The summed E-state index contributed by atoms with van der Waals surface area (Å²) in [5, 5.41) is 0. The van der Waals surface area contributed by atoms with Crippen LogP contribution in [0.3, 0.4) is 0 Å². The predicted molar refractivity (Wildman–Crippen MR) is 37.3 cm³/mol. The van der Waals surface area contributed by atoms with Crippen LogP contribution in [0.1, 0.15) is 6.92 Å². The van der Waals surface area contributed by atoms with E-state index in [9.17, 15) is 0 Å². The summed E-state index contributed by atoms with van der Waals surface area (Å²) >= 11 is 0.327. The van der Waals surface area contributed by atoms with Gasteiger partial charge in [-0.15, -0.1) is 0 Å². The molecule has 0 spiro atoms. The zero-order chi connectivity index (χ0) is 4.41. The molecule has 6 heavy (non-hydrogen) atoms. The fraction of sp³-hybridized carbons (Fsp3) is 0.750. The lowest BCUT2D eigenvalue weighted by Crippen LogP contribution is -2.03. The fourth-order valence-electron chi connectivity index (χ4n) is 0.363. The van der Waals surface area contributed by atoms with Crippen molar-refractivity contribution in [1.29, 1.82) is 0 Å². The molecular formula is C4H8IN. The molecule has 0 saturated carbocycles. The third-order valence-corrected chi connectivity index (χ3v) is 3.22. The molecule has 0 fully saturated rings. The standard InChI is InChI=1S/C4H8IN/c1-4-2-5-6-3-4/h2,4,6H,3H2,1H3. The molecule has 0 aromatic carbocycles. The molecule has 1 heterocycles. The minimum atomic E-state index is 0.327. The van der Waals surface area contributed by atoms with E-state index < -0.39 is 0 Å². The average molecular weight is 197 g/mol. The van der Waals surface area contributed by atoms with Gasteiger partial charge in [0, 0.05) is 6.54 Å². The zero-order valence-corrected chi connectivity index (χ0v) is 5.90. The molecular weight excluding hydrogens is 189 g/mol. The van der Waals surface area contributed by atoms with E-state index in [0.29, 0.717) is 21.0 Å². The first kappa shape index (κ1) is 4.71. The van der Waals surface area contributed by atoms with Crippen molar-refractivity contribution in [2.75, 3.05) is 6.54 Å². The first-order valence-electron chi connectivity index (χ1n) is 2.08.